The number of likely N-dealkylation sites (tertiary alicyclic amines) is 1. The molecule has 4 nitrogen and oxygen atoms in total. The smallest absolute Gasteiger partial charge is 0.0746 e. The van der Waals surface area contributed by atoms with E-state index in [0.29, 0.717) is 23.8 Å². The van der Waals surface area contributed by atoms with E-state index in [9.17, 15) is 15.3 Å². The van der Waals surface area contributed by atoms with E-state index in [4.69, 9.17) is 0 Å². The van der Waals surface area contributed by atoms with E-state index in [1.165, 1.54) is 0 Å². The van der Waals surface area contributed by atoms with Crippen LogP contribution >= 0.6 is 0 Å². The molecule has 0 amide bonds. The highest BCUT2D eigenvalue weighted by Crippen LogP contribution is 2.78. The number of aliphatic hydroxyl groups is 3. The number of nitrogens with zero attached hydrogens (tertiary/aromatic N) is 1. The molecule has 1 saturated heterocycles. The lowest BCUT2D eigenvalue weighted by Gasteiger charge is -2.68. The predicted octanol–water partition coefficient (Wildman–Crippen LogP) is 1.63. The third-order valence-electron chi connectivity index (χ3n) is 10.4. The highest BCUT2D eigenvalue weighted by Gasteiger charge is 2.81. The Labute approximate surface area is 150 Å². The Hall–Kier alpha value is -0.160. The van der Waals surface area contributed by atoms with Crippen LogP contribution in [0.2, 0.25) is 0 Å². The van der Waals surface area contributed by atoms with Crippen LogP contribution in [-0.2, 0) is 0 Å². The third-order valence-corrected chi connectivity index (χ3v) is 10.4. The molecule has 6 fully saturated rings. The van der Waals surface area contributed by atoms with Crippen molar-refractivity contribution in [1.82, 2.24) is 4.90 Å². The van der Waals surface area contributed by atoms with Gasteiger partial charge in [-0.15, -0.1) is 0 Å². The summed E-state index contributed by atoms with van der Waals surface area (Å²) < 4.78 is 0. The predicted molar refractivity (Wildman–Crippen MR) is 93.7 cm³/mol. The van der Waals surface area contributed by atoms with Crippen LogP contribution in [0.4, 0.5) is 0 Å². The van der Waals surface area contributed by atoms with Crippen LogP contribution in [0, 0.1) is 40.4 Å². The summed E-state index contributed by atoms with van der Waals surface area (Å²) in [5.74, 6) is 1.42. The normalized spacial score (nSPS) is 67.6. The summed E-state index contributed by atoms with van der Waals surface area (Å²) in [7, 11) is 0. The Balaban J connectivity index is 1.62. The van der Waals surface area contributed by atoms with Crippen LogP contribution in [0.25, 0.3) is 0 Å². The minimum Gasteiger partial charge on any atom is -0.392 e. The van der Waals surface area contributed by atoms with Crippen LogP contribution in [0.5, 0.6) is 0 Å². The molecule has 0 aromatic rings. The van der Waals surface area contributed by atoms with Gasteiger partial charge in [0.25, 0.3) is 0 Å². The van der Waals surface area contributed by atoms with Gasteiger partial charge in [-0.2, -0.15) is 0 Å². The Bertz CT molecular complexity index is 626. The second-order valence-electron chi connectivity index (χ2n) is 10.8. The topological polar surface area (TPSA) is 63.9 Å². The zero-order chi connectivity index (χ0) is 17.4. The number of hydrogen-bond acceptors (Lipinski definition) is 4. The molecule has 1 aliphatic heterocycles. The average molecular weight is 347 g/mol. The van der Waals surface area contributed by atoms with E-state index >= 15 is 0 Å². The molecule has 6 rings (SSSR count). The molecule has 5 aliphatic carbocycles. The average Bonchev–Trinajstić information content (AvgIpc) is 3.00. The summed E-state index contributed by atoms with van der Waals surface area (Å²) in [5.41, 5.74) is -0.524. The van der Waals surface area contributed by atoms with Gasteiger partial charge in [0.2, 0.25) is 0 Å². The first-order valence-corrected chi connectivity index (χ1v) is 10.7. The summed E-state index contributed by atoms with van der Waals surface area (Å²) in [4.78, 5) is 2.63. The molecule has 7 bridgehead atoms. The van der Waals surface area contributed by atoms with Crippen LogP contribution in [0.1, 0.15) is 52.4 Å². The highest BCUT2D eigenvalue weighted by atomic mass is 16.3. The molecule has 5 saturated carbocycles. The SMILES string of the molecule is CCN1C[C@]2(C)CCC(O)C34[C@@H]5CC6CC[C@](O)(C(C[C@@H]32)[C@H]14)[C@H]5C6O. The third kappa shape index (κ3) is 1.44. The quantitative estimate of drug-likeness (QED) is 0.675. The fourth-order valence-electron chi connectivity index (χ4n) is 9.79. The largest absolute Gasteiger partial charge is 0.392 e. The van der Waals surface area contributed by atoms with Crippen molar-refractivity contribution in [2.75, 3.05) is 13.1 Å². The van der Waals surface area contributed by atoms with E-state index in [0.717, 1.165) is 51.6 Å². The van der Waals surface area contributed by atoms with Gasteiger partial charge in [0.15, 0.2) is 0 Å². The molecule has 0 aromatic heterocycles. The van der Waals surface area contributed by atoms with Crippen LogP contribution in [-0.4, -0.2) is 57.2 Å². The maximum Gasteiger partial charge on any atom is 0.0746 e. The van der Waals surface area contributed by atoms with Gasteiger partial charge in [-0.1, -0.05) is 13.8 Å². The monoisotopic (exact) mass is 347 g/mol. The second-order valence-corrected chi connectivity index (χ2v) is 10.8. The molecule has 11 atom stereocenters. The first-order chi connectivity index (χ1) is 11.9. The van der Waals surface area contributed by atoms with E-state index in [1.807, 2.05) is 0 Å². The zero-order valence-electron chi connectivity index (χ0n) is 15.6. The van der Waals surface area contributed by atoms with Crippen molar-refractivity contribution in [3.05, 3.63) is 0 Å². The number of piperidine rings is 1. The molecule has 3 N–H and O–H groups in total. The molecular formula is C21H33NO3. The number of aliphatic hydroxyl groups excluding tert-OH is 2. The summed E-state index contributed by atoms with van der Waals surface area (Å²) in [6.07, 6.45) is 5.34. The number of rotatable bonds is 1. The Morgan fingerprint density at radius 2 is 1.88 bits per heavy atom. The molecule has 140 valence electrons. The van der Waals surface area contributed by atoms with E-state index in [2.05, 4.69) is 18.7 Å². The van der Waals surface area contributed by atoms with E-state index in [-0.39, 0.29) is 34.9 Å². The van der Waals surface area contributed by atoms with Gasteiger partial charge < -0.3 is 15.3 Å². The van der Waals surface area contributed by atoms with Gasteiger partial charge in [0, 0.05) is 29.8 Å². The molecule has 0 aromatic carbocycles. The molecule has 1 spiro atoms. The Kier molecular flexibility index (Phi) is 2.82. The lowest BCUT2D eigenvalue weighted by molar-refractivity contribution is -0.260. The molecule has 5 unspecified atom stereocenters. The Morgan fingerprint density at radius 1 is 1.08 bits per heavy atom. The number of fused-ring (bicyclic) bond motifs is 2. The lowest BCUT2D eigenvalue weighted by Crippen LogP contribution is -2.75. The van der Waals surface area contributed by atoms with Crippen LogP contribution < -0.4 is 0 Å². The summed E-state index contributed by atoms with van der Waals surface area (Å²) >= 11 is 0. The summed E-state index contributed by atoms with van der Waals surface area (Å²) in [5, 5.41) is 34.4. The fraction of sp³-hybridized carbons (Fsp3) is 1.00. The Morgan fingerprint density at radius 3 is 2.64 bits per heavy atom. The van der Waals surface area contributed by atoms with Crippen molar-refractivity contribution >= 4 is 0 Å². The van der Waals surface area contributed by atoms with Crippen molar-refractivity contribution in [2.24, 2.45) is 40.4 Å². The van der Waals surface area contributed by atoms with E-state index < -0.39 is 5.60 Å². The second kappa shape index (κ2) is 4.45. The molecule has 4 heteroatoms. The standard InChI is InChI=1S/C21H33NO3/c1-3-22-10-19(2)6-5-15(23)21-12-8-11-4-7-20(25,16(12)17(11)24)13(18(21)22)9-14(19)21/h11-18,23-25H,3-10H2,1-2H3/t11?,12-,13?,14-,15?,16-,17?,18+,19+,20+,21?/m1/s1. The molecule has 25 heavy (non-hydrogen) atoms. The van der Waals surface area contributed by atoms with Crippen LogP contribution in [0.15, 0.2) is 0 Å². The van der Waals surface area contributed by atoms with Crippen molar-refractivity contribution in [3.63, 3.8) is 0 Å². The minimum absolute atomic E-state index is 0.00584. The lowest BCUT2D eigenvalue weighted by atomic mass is 9.43. The van der Waals surface area contributed by atoms with Crippen molar-refractivity contribution in [1.29, 1.82) is 0 Å². The maximum absolute atomic E-state index is 11.9. The fourth-order valence-corrected chi connectivity index (χ4v) is 9.79. The highest BCUT2D eigenvalue weighted by molar-refractivity contribution is 5.31. The van der Waals surface area contributed by atoms with Gasteiger partial charge in [-0.05, 0) is 68.2 Å². The minimum atomic E-state index is -0.706. The molecule has 1 heterocycles. The summed E-state index contributed by atoms with van der Waals surface area (Å²) in [6.45, 7) is 6.84. The molecule has 6 aliphatic rings. The number of hydrogen-bond donors (Lipinski definition) is 3. The van der Waals surface area contributed by atoms with Gasteiger partial charge in [-0.25, -0.2) is 0 Å². The first kappa shape index (κ1) is 15.9. The van der Waals surface area contributed by atoms with E-state index in [1.54, 1.807) is 0 Å². The van der Waals surface area contributed by atoms with Crippen LogP contribution in [0.3, 0.4) is 0 Å². The van der Waals surface area contributed by atoms with Crippen molar-refractivity contribution in [2.45, 2.75) is 76.2 Å². The molecular weight excluding hydrogens is 314 g/mol. The van der Waals surface area contributed by atoms with Gasteiger partial charge in [-0.3, -0.25) is 4.90 Å². The van der Waals surface area contributed by atoms with Crippen molar-refractivity contribution in [3.8, 4) is 0 Å². The van der Waals surface area contributed by atoms with Gasteiger partial charge >= 0.3 is 0 Å². The first-order valence-electron chi connectivity index (χ1n) is 10.7. The zero-order valence-corrected chi connectivity index (χ0v) is 15.6. The van der Waals surface area contributed by atoms with Gasteiger partial charge in [0.05, 0.1) is 17.8 Å². The molecule has 0 radical (unpaired) electrons. The van der Waals surface area contributed by atoms with Crippen molar-refractivity contribution < 1.29 is 15.3 Å². The summed E-state index contributed by atoms with van der Waals surface area (Å²) in [6, 6.07) is 0.321. The maximum atomic E-state index is 11.9. The van der Waals surface area contributed by atoms with Gasteiger partial charge in [0.1, 0.15) is 0 Å².